The highest BCUT2D eigenvalue weighted by Crippen LogP contribution is 2.30. The molecule has 1 aromatic heterocycles. The Kier molecular flexibility index (Phi) is 11.7. The number of rotatable bonds is 11. The van der Waals surface area contributed by atoms with Crippen molar-refractivity contribution in [2.45, 2.75) is 61.7 Å². The smallest absolute Gasteiger partial charge is 0.433 e. The third kappa shape index (κ3) is 8.98. The fourth-order valence-electron chi connectivity index (χ4n) is 5.41. The fourth-order valence-corrected chi connectivity index (χ4v) is 7.80. The summed E-state index contributed by atoms with van der Waals surface area (Å²) in [4.78, 5) is 47.6. The lowest BCUT2D eigenvalue weighted by Gasteiger charge is -2.32. The Morgan fingerprint density at radius 3 is 2.39 bits per heavy atom. The lowest BCUT2D eigenvalue weighted by atomic mass is 9.96. The molecule has 0 saturated carbocycles. The van der Waals surface area contributed by atoms with E-state index < -0.39 is 45.9 Å². The van der Waals surface area contributed by atoms with Crippen molar-refractivity contribution in [2.75, 3.05) is 38.6 Å². The van der Waals surface area contributed by atoms with Gasteiger partial charge in [-0.3, -0.25) is 9.59 Å². The van der Waals surface area contributed by atoms with Crippen LogP contribution in [0, 0.1) is 5.92 Å². The monoisotopic (exact) mass is 708 g/mol. The molecule has 3 heterocycles. The number of alkyl halides is 3. The summed E-state index contributed by atoms with van der Waals surface area (Å²) < 4.78 is 71.2. The zero-order chi connectivity index (χ0) is 33.6. The Hall–Kier alpha value is -3.21. The van der Waals surface area contributed by atoms with E-state index in [1.165, 1.54) is 18.2 Å². The molecule has 12 nitrogen and oxygen atoms in total. The van der Waals surface area contributed by atoms with E-state index >= 15 is 0 Å². The first-order valence-corrected chi connectivity index (χ1v) is 16.7. The average Bonchev–Trinajstić information content (AvgIpc) is 3.52. The number of hydrogen-bond donors (Lipinski definition) is 2. The summed E-state index contributed by atoms with van der Waals surface area (Å²) in [7, 11) is -3.00. The Morgan fingerprint density at radius 2 is 1.76 bits per heavy atom. The van der Waals surface area contributed by atoms with E-state index in [0.29, 0.717) is 38.9 Å². The number of likely N-dealkylation sites (tertiary alicyclic amines) is 1. The maximum atomic E-state index is 13.3. The number of nitrogens with zero attached hydrogens (tertiary/aromatic N) is 4. The molecule has 0 unspecified atom stereocenters. The van der Waals surface area contributed by atoms with Gasteiger partial charge in [-0.1, -0.05) is 23.2 Å². The molecule has 2 fully saturated rings. The molecule has 1 aromatic carbocycles. The molecule has 4 rings (SSSR count). The van der Waals surface area contributed by atoms with Gasteiger partial charge in [0.2, 0.25) is 27.8 Å². The standard InChI is InChI=1S/C28H33Cl2F3N6O6S/c1-45-26(42)21(36-25(41)22-3-2-10-39(22)46(43,44)20-14-18(29)13-19(30)15-20)4-5-24(40)38-11-7-17(8-12-38)16-35-27-34-9-6-23(37-27)28(31,32)33/h6,9,13-15,17,21-22H,2-5,7-8,10-12,16H2,1H3,(H,36,41)(H,34,35,37)/t21-,22-/m0/s1. The Bertz CT molecular complexity index is 1520. The fraction of sp³-hybridized carbons (Fsp3) is 0.536. The summed E-state index contributed by atoms with van der Waals surface area (Å²) in [6.45, 7) is 1.20. The lowest BCUT2D eigenvalue weighted by Crippen LogP contribution is -2.51. The molecular weight excluding hydrogens is 676 g/mol. The molecule has 2 atom stereocenters. The van der Waals surface area contributed by atoms with E-state index in [1.807, 2.05) is 0 Å². The van der Waals surface area contributed by atoms with Crippen LogP contribution >= 0.6 is 23.2 Å². The van der Waals surface area contributed by atoms with Crippen molar-refractivity contribution in [3.05, 3.63) is 46.2 Å². The van der Waals surface area contributed by atoms with Gasteiger partial charge in [-0.05, 0) is 62.3 Å². The summed E-state index contributed by atoms with van der Waals surface area (Å²) >= 11 is 12.0. The maximum absolute atomic E-state index is 13.3. The van der Waals surface area contributed by atoms with Gasteiger partial charge >= 0.3 is 12.1 Å². The van der Waals surface area contributed by atoms with Crippen molar-refractivity contribution < 1.29 is 40.7 Å². The van der Waals surface area contributed by atoms with Crippen molar-refractivity contribution in [1.82, 2.24) is 24.5 Å². The summed E-state index contributed by atoms with van der Waals surface area (Å²) in [5.74, 6) is -1.79. The van der Waals surface area contributed by atoms with Crippen LogP contribution in [0.25, 0.3) is 0 Å². The van der Waals surface area contributed by atoms with Gasteiger partial charge in [0.15, 0.2) is 0 Å². The molecule has 0 radical (unpaired) electrons. The van der Waals surface area contributed by atoms with Gasteiger partial charge in [-0.25, -0.2) is 23.2 Å². The van der Waals surface area contributed by atoms with E-state index in [0.717, 1.165) is 23.7 Å². The number of methoxy groups -OCH3 is 1. The minimum absolute atomic E-state index is 0.0675. The molecular formula is C28H33Cl2F3N6O6S. The number of carbonyl (C=O) groups excluding carboxylic acids is 3. The number of ether oxygens (including phenoxy) is 1. The number of piperidine rings is 1. The molecule has 18 heteroatoms. The van der Waals surface area contributed by atoms with Crippen molar-refractivity contribution in [1.29, 1.82) is 0 Å². The van der Waals surface area contributed by atoms with Crippen molar-refractivity contribution >= 4 is 57.0 Å². The Labute approximate surface area is 274 Å². The number of aromatic nitrogens is 2. The summed E-state index contributed by atoms with van der Waals surface area (Å²) in [5.41, 5.74) is -1.04. The van der Waals surface area contributed by atoms with Crippen LogP contribution in [0.3, 0.4) is 0 Å². The highest BCUT2D eigenvalue weighted by molar-refractivity contribution is 7.89. The van der Waals surface area contributed by atoms with Crippen molar-refractivity contribution in [3.63, 3.8) is 0 Å². The number of anilines is 1. The quantitative estimate of drug-likeness (QED) is 0.333. The van der Waals surface area contributed by atoms with Gasteiger partial charge in [0, 0.05) is 48.8 Å². The molecule has 2 saturated heterocycles. The Balaban J connectivity index is 1.29. The summed E-state index contributed by atoms with van der Waals surface area (Å²) in [6, 6.07) is 2.36. The maximum Gasteiger partial charge on any atom is 0.433 e. The minimum Gasteiger partial charge on any atom is -0.467 e. The van der Waals surface area contributed by atoms with Crippen LogP contribution in [0.15, 0.2) is 35.4 Å². The molecule has 2 aromatic rings. The number of esters is 1. The van der Waals surface area contributed by atoms with Crippen molar-refractivity contribution in [2.24, 2.45) is 5.92 Å². The van der Waals surface area contributed by atoms with Gasteiger partial charge in [0.1, 0.15) is 17.8 Å². The van der Waals surface area contributed by atoms with E-state index in [1.54, 1.807) is 4.90 Å². The largest absolute Gasteiger partial charge is 0.467 e. The molecule has 46 heavy (non-hydrogen) atoms. The molecule has 0 spiro atoms. The van der Waals surface area contributed by atoms with Gasteiger partial charge in [-0.15, -0.1) is 0 Å². The molecule has 0 bridgehead atoms. The SMILES string of the molecule is COC(=O)[C@H](CCC(=O)N1CCC(CNc2nccc(C(F)(F)F)n2)CC1)NC(=O)[C@@H]1CCCN1S(=O)(=O)c1cc(Cl)cc(Cl)c1. The molecule has 2 N–H and O–H groups in total. The highest BCUT2D eigenvalue weighted by atomic mass is 35.5. The van der Waals surface area contributed by atoms with Gasteiger partial charge in [0.25, 0.3) is 0 Å². The first-order valence-electron chi connectivity index (χ1n) is 14.5. The van der Waals surface area contributed by atoms with Crippen LogP contribution in [0.4, 0.5) is 19.1 Å². The molecule has 2 aliphatic rings. The van der Waals surface area contributed by atoms with Gasteiger partial charge in [0.05, 0.1) is 12.0 Å². The Morgan fingerprint density at radius 1 is 1.09 bits per heavy atom. The van der Waals surface area contributed by atoms with Gasteiger partial charge in [-0.2, -0.15) is 17.5 Å². The number of nitrogens with one attached hydrogen (secondary N) is 2. The number of hydrogen-bond acceptors (Lipinski definition) is 9. The number of halogens is 5. The van der Waals surface area contributed by atoms with Crippen LogP contribution in [0.5, 0.6) is 0 Å². The minimum atomic E-state index is -4.58. The van der Waals surface area contributed by atoms with Crippen LogP contribution in [0.2, 0.25) is 10.0 Å². The molecule has 2 amide bonds. The molecule has 2 aliphatic heterocycles. The second kappa shape index (κ2) is 15.1. The number of sulfonamides is 1. The van der Waals surface area contributed by atoms with Crippen molar-refractivity contribution in [3.8, 4) is 0 Å². The third-order valence-electron chi connectivity index (χ3n) is 7.86. The summed E-state index contributed by atoms with van der Waals surface area (Å²) in [5, 5.41) is 5.63. The van der Waals surface area contributed by atoms with Crippen LogP contribution in [0.1, 0.15) is 44.2 Å². The molecule has 252 valence electrons. The number of amides is 2. The third-order valence-corrected chi connectivity index (χ3v) is 10.2. The van der Waals surface area contributed by atoms with Crippen LogP contribution < -0.4 is 10.6 Å². The summed E-state index contributed by atoms with van der Waals surface area (Å²) in [6.07, 6.45) is -1.92. The zero-order valence-electron chi connectivity index (χ0n) is 24.7. The van der Waals surface area contributed by atoms with E-state index in [4.69, 9.17) is 27.9 Å². The zero-order valence-corrected chi connectivity index (χ0v) is 27.1. The van der Waals surface area contributed by atoms with Crippen LogP contribution in [-0.4, -0.2) is 90.7 Å². The second-order valence-electron chi connectivity index (χ2n) is 11.0. The molecule has 0 aliphatic carbocycles. The predicted octanol–water partition coefficient (Wildman–Crippen LogP) is 3.74. The van der Waals surface area contributed by atoms with Crippen LogP contribution in [-0.2, 0) is 35.3 Å². The normalized spacial score (nSPS) is 18.7. The first kappa shape index (κ1) is 35.6. The lowest BCUT2D eigenvalue weighted by molar-refractivity contribution is -0.146. The number of carbonyl (C=O) groups is 3. The van der Waals surface area contributed by atoms with E-state index in [2.05, 4.69) is 20.6 Å². The second-order valence-corrected chi connectivity index (χ2v) is 13.7. The number of benzene rings is 1. The topological polar surface area (TPSA) is 151 Å². The van der Waals surface area contributed by atoms with Gasteiger partial charge < -0.3 is 20.3 Å². The predicted molar refractivity (Wildman–Crippen MR) is 161 cm³/mol. The highest BCUT2D eigenvalue weighted by Gasteiger charge is 2.41. The first-order chi connectivity index (χ1) is 21.7. The average molecular weight is 710 g/mol. The van der Waals surface area contributed by atoms with E-state index in [9.17, 15) is 36.0 Å². The van der Waals surface area contributed by atoms with E-state index in [-0.39, 0.29) is 58.5 Å².